The molecule has 0 N–H and O–H groups in total. The topological polar surface area (TPSA) is 100 Å². The quantitative estimate of drug-likeness (QED) is 0.533. The van der Waals surface area contributed by atoms with Gasteiger partial charge in [-0.3, -0.25) is 0 Å². The molecular formula is C21H20N4O3S2. The van der Waals surface area contributed by atoms with E-state index < -0.39 is 10.0 Å². The number of thioether (sulfide) groups is 1. The number of aromatic nitrogens is 2. The van der Waals surface area contributed by atoms with Crippen molar-refractivity contribution >= 4 is 21.8 Å². The Morgan fingerprint density at radius 1 is 1.07 bits per heavy atom. The summed E-state index contributed by atoms with van der Waals surface area (Å²) in [5.41, 5.74) is 2.06. The van der Waals surface area contributed by atoms with Crippen molar-refractivity contribution in [1.29, 1.82) is 5.26 Å². The summed E-state index contributed by atoms with van der Waals surface area (Å²) in [6.45, 7) is 1.11. The van der Waals surface area contributed by atoms with Crippen molar-refractivity contribution in [3.8, 4) is 17.5 Å². The van der Waals surface area contributed by atoms with Crippen LogP contribution >= 0.6 is 11.8 Å². The number of nitriles is 1. The highest BCUT2D eigenvalue weighted by Gasteiger charge is 2.26. The number of hydrogen-bond donors (Lipinski definition) is 0. The lowest BCUT2D eigenvalue weighted by Gasteiger charge is -2.25. The molecule has 3 aromatic rings. The van der Waals surface area contributed by atoms with Crippen molar-refractivity contribution < 1.29 is 12.8 Å². The Labute approximate surface area is 179 Å². The third kappa shape index (κ3) is 4.41. The van der Waals surface area contributed by atoms with Crippen molar-refractivity contribution in [2.24, 2.45) is 0 Å². The van der Waals surface area contributed by atoms with Gasteiger partial charge in [0.2, 0.25) is 15.9 Å². The summed E-state index contributed by atoms with van der Waals surface area (Å²) in [7, 11) is -3.53. The average Bonchev–Trinajstić information content (AvgIpc) is 3.28. The number of nitrogens with zero attached hydrogens (tertiary/aromatic N) is 4. The van der Waals surface area contributed by atoms with E-state index in [1.807, 2.05) is 18.2 Å². The Morgan fingerprint density at radius 3 is 2.67 bits per heavy atom. The zero-order valence-corrected chi connectivity index (χ0v) is 17.8. The van der Waals surface area contributed by atoms with Gasteiger partial charge in [-0.15, -0.1) is 10.2 Å². The van der Waals surface area contributed by atoms with E-state index in [0.717, 1.165) is 24.8 Å². The van der Waals surface area contributed by atoms with Crippen molar-refractivity contribution in [3.63, 3.8) is 0 Å². The van der Waals surface area contributed by atoms with Gasteiger partial charge in [0.05, 0.1) is 16.5 Å². The predicted octanol–water partition coefficient (Wildman–Crippen LogP) is 4.08. The van der Waals surface area contributed by atoms with Crippen LogP contribution in [0.15, 0.2) is 63.1 Å². The molecule has 0 unspecified atom stereocenters. The van der Waals surface area contributed by atoms with Gasteiger partial charge in [0.1, 0.15) is 0 Å². The number of benzene rings is 2. The Morgan fingerprint density at radius 2 is 1.87 bits per heavy atom. The largest absolute Gasteiger partial charge is 0.411 e. The van der Waals surface area contributed by atoms with E-state index in [-0.39, 0.29) is 10.8 Å². The van der Waals surface area contributed by atoms with E-state index in [0.29, 0.717) is 35.2 Å². The SMILES string of the molecule is N#Cc1ccccc1CSc1nnc(-c2cccc(S(=O)(=O)N3CCCCC3)c2)o1. The molecule has 1 aliphatic heterocycles. The van der Waals surface area contributed by atoms with Crippen LogP contribution in [0.2, 0.25) is 0 Å². The molecule has 2 heterocycles. The maximum Gasteiger partial charge on any atom is 0.277 e. The normalized spacial score (nSPS) is 15.0. The fourth-order valence-corrected chi connectivity index (χ4v) is 5.65. The minimum Gasteiger partial charge on any atom is -0.411 e. The molecule has 0 aliphatic carbocycles. The Balaban J connectivity index is 1.51. The summed E-state index contributed by atoms with van der Waals surface area (Å²) in [5, 5.41) is 17.7. The summed E-state index contributed by atoms with van der Waals surface area (Å²) in [5.74, 6) is 0.788. The molecule has 0 atom stereocenters. The maximum atomic E-state index is 12.9. The van der Waals surface area contributed by atoms with Crippen molar-refractivity contribution in [3.05, 3.63) is 59.7 Å². The van der Waals surface area contributed by atoms with E-state index in [9.17, 15) is 13.7 Å². The molecule has 154 valence electrons. The van der Waals surface area contributed by atoms with Gasteiger partial charge in [0.15, 0.2) is 0 Å². The molecule has 4 rings (SSSR count). The summed E-state index contributed by atoms with van der Waals surface area (Å²) >= 11 is 1.33. The van der Waals surface area contributed by atoms with E-state index in [4.69, 9.17) is 4.42 Å². The van der Waals surface area contributed by atoms with Crippen LogP contribution < -0.4 is 0 Å². The minimum atomic E-state index is -3.53. The van der Waals surface area contributed by atoms with Crippen LogP contribution in [0.1, 0.15) is 30.4 Å². The molecule has 0 bridgehead atoms. The molecule has 0 amide bonds. The van der Waals surface area contributed by atoms with Gasteiger partial charge in [-0.25, -0.2) is 8.42 Å². The zero-order valence-electron chi connectivity index (χ0n) is 16.2. The average molecular weight is 441 g/mol. The third-order valence-corrected chi connectivity index (χ3v) is 7.69. The molecule has 9 heteroatoms. The summed E-state index contributed by atoms with van der Waals surface area (Å²) in [4.78, 5) is 0.234. The molecule has 0 radical (unpaired) electrons. The van der Waals surface area contributed by atoms with E-state index in [1.165, 1.54) is 16.1 Å². The second-order valence-electron chi connectivity index (χ2n) is 6.92. The minimum absolute atomic E-state index is 0.234. The van der Waals surface area contributed by atoms with Gasteiger partial charge in [-0.2, -0.15) is 9.57 Å². The highest BCUT2D eigenvalue weighted by Crippen LogP contribution is 2.29. The molecule has 0 saturated carbocycles. The van der Waals surface area contributed by atoms with Gasteiger partial charge in [0.25, 0.3) is 5.22 Å². The van der Waals surface area contributed by atoms with Crippen LogP contribution in [0.25, 0.3) is 11.5 Å². The van der Waals surface area contributed by atoms with Gasteiger partial charge in [-0.1, -0.05) is 42.4 Å². The Kier molecular flexibility index (Phi) is 6.18. The monoisotopic (exact) mass is 440 g/mol. The Bertz CT molecular complexity index is 1180. The fraction of sp³-hybridized carbons (Fsp3) is 0.286. The first-order valence-corrected chi connectivity index (χ1v) is 12.1. The number of piperidine rings is 1. The second kappa shape index (κ2) is 9.00. The zero-order chi connectivity index (χ0) is 21.0. The Hall–Kier alpha value is -2.67. The third-order valence-electron chi connectivity index (χ3n) is 4.93. The van der Waals surface area contributed by atoms with E-state index >= 15 is 0 Å². The molecule has 0 spiro atoms. The summed E-state index contributed by atoms with van der Waals surface area (Å²) < 4.78 is 33.1. The summed E-state index contributed by atoms with van der Waals surface area (Å²) in [6.07, 6.45) is 2.84. The molecular weight excluding hydrogens is 420 g/mol. The van der Waals surface area contributed by atoms with Crippen molar-refractivity contribution in [1.82, 2.24) is 14.5 Å². The van der Waals surface area contributed by atoms with Crippen LogP contribution in [-0.2, 0) is 15.8 Å². The van der Waals surface area contributed by atoms with Crippen molar-refractivity contribution in [2.75, 3.05) is 13.1 Å². The standard InChI is InChI=1S/C21H20N4O3S2/c22-14-17-7-2-3-8-18(17)15-29-21-24-23-20(28-21)16-9-6-10-19(13-16)30(26,27)25-11-4-1-5-12-25/h2-3,6-10,13H,1,4-5,11-12,15H2. The first-order valence-electron chi connectivity index (χ1n) is 9.63. The van der Waals surface area contributed by atoms with Gasteiger partial charge >= 0.3 is 0 Å². The lowest BCUT2D eigenvalue weighted by Crippen LogP contribution is -2.35. The van der Waals surface area contributed by atoms with Crippen LogP contribution in [-0.4, -0.2) is 36.0 Å². The molecule has 1 saturated heterocycles. The molecule has 1 fully saturated rings. The molecule has 7 nitrogen and oxygen atoms in total. The number of rotatable bonds is 6. The summed E-state index contributed by atoms with van der Waals surface area (Å²) in [6, 6.07) is 16.1. The maximum absolute atomic E-state index is 12.9. The number of sulfonamides is 1. The highest BCUT2D eigenvalue weighted by atomic mass is 32.2. The molecule has 30 heavy (non-hydrogen) atoms. The van der Waals surface area contributed by atoms with Crippen LogP contribution in [0, 0.1) is 11.3 Å². The van der Waals surface area contributed by atoms with Crippen LogP contribution in [0.4, 0.5) is 0 Å². The van der Waals surface area contributed by atoms with Gasteiger partial charge in [0, 0.05) is 24.4 Å². The van der Waals surface area contributed by atoms with Crippen molar-refractivity contribution in [2.45, 2.75) is 35.1 Å². The van der Waals surface area contributed by atoms with Gasteiger partial charge in [-0.05, 0) is 42.7 Å². The fourth-order valence-electron chi connectivity index (χ4n) is 3.32. The molecule has 1 aliphatic rings. The number of hydrogen-bond acceptors (Lipinski definition) is 7. The predicted molar refractivity (Wildman–Crippen MR) is 113 cm³/mol. The first kappa shape index (κ1) is 20.6. The van der Waals surface area contributed by atoms with E-state index in [1.54, 1.807) is 30.3 Å². The molecule has 1 aromatic heterocycles. The van der Waals surface area contributed by atoms with Crippen LogP contribution in [0.3, 0.4) is 0 Å². The van der Waals surface area contributed by atoms with Gasteiger partial charge < -0.3 is 4.42 Å². The lowest BCUT2D eigenvalue weighted by molar-refractivity contribution is 0.346. The molecule has 2 aromatic carbocycles. The second-order valence-corrected chi connectivity index (χ2v) is 9.79. The van der Waals surface area contributed by atoms with E-state index in [2.05, 4.69) is 16.3 Å². The highest BCUT2D eigenvalue weighted by molar-refractivity contribution is 7.98. The smallest absolute Gasteiger partial charge is 0.277 e. The lowest BCUT2D eigenvalue weighted by atomic mass is 10.1. The first-order chi connectivity index (χ1) is 14.6. The van der Waals surface area contributed by atoms with Crippen LogP contribution in [0.5, 0.6) is 0 Å².